The van der Waals surface area contributed by atoms with Gasteiger partial charge in [0.15, 0.2) is 21.8 Å². The fraction of sp³-hybridized carbons (Fsp3) is 0.320. The van der Waals surface area contributed by atoms with Gasteiger partial charge < -0.3 is 9.47 Å². The molecule has 1 atom stereocenters. The van der Waals surface area contributed by atoms with Gasteiger partial charge in [-0.3, -0.25) is 0 Å². The molecule has 1 aliphatic carbocycles. The van der Waals surface area contributed by atoms with Crippen LogP contribution in [-0.4, -0.2) is 18.2 Å². The number of rotatable bonds is 5. The van der Waals surface area contributed by atoms with Crippen molar-refractivity contribution in [2.24, 2.45) is 0 Å². The minimum atomic E-state index is -0.738. The lowest BCUT2D eigenvalue weighted by molar-refractivity contribution is -0.156. The van der Waals surface area contributed by atoms with Crippen molar-refractivity contribution in [3.63, 3.8) is 0 Å². The summed E-state index contributed by atoms with van der Waals surface area (Å²) in [5.41, 5.74) is 1.30. The van der Waals surface area contributed by atoms with Crippen molar-refractivity contribution in [1.82, 2.24) is 0 Å². The third kappa shape index (κ3) is 3.88. The Morgan fingerprint density at radius 3 is 2.52 bits per heavy atom. The Hall–Kier alpha value is -2.77. The van der Waals surface area contributed by atoms with E-state index in [1.165, 1.54) is 15.0 Å². The van der Waals surface area contributed by atoms with Crippen molar-refractivity contribution < 1.29 is 14.3 Å². The number of ether oxygens (including phenoxy) is 2. The van der Waals surface area contributed by atoms with Crippen LogP contribution in [0.3, 0.4) is 0 Å². The molecule has 0 N–H and O–H groups in total. The first kappa shape index (κ1) is 19.5. The molecule has 1 fully saturated rings. The summed E-state index contributed by atoms with van der Waals surface area (Å²) in [6.07, 6.45) is 9.08. The molecular formula is C25H25O3S+. The molecule has 0 saturated heterocycles. The smallest absolute Gasteiger partial charge is 0.345 e. The maximum Gasteiger partial charge on any atom is 0.345 e. The zero-order chi connectivity index (χ0) is 20.4. The van der Waals surface area contributed by atoms with Crippen molar-refractivity contribution >= 4 is 26.5 Å². The van der Waals surface area contributed by atoms with E-state index in [1.54, 1.807) is 0 Å². The Morgan fingerprint density at radius 2 is 1.83 bits per heavy atom. The van der Waals surface area contributed by atoms with Crippen LogP contribution in [0.5, 0.6) is 5.75 Å². The van der Waals surface area contributed by atoms with E-state index in [-0.39, 0.29) is 17.1 Å². The Kier molecular flexibility index (Phi) is 5.34. The highest BCUT2D eigenvalue weighted by Crippen LogP contribution is 2.42. The molecule has 1 heterocycles. The summed E-state index contributed by atoms with van der Waals surface area (Å²) in [7, 11) is -0.0673. The first-order valence-corrected chi connectivity index (χ1v) is 11.2. The lowest BCUT2D eigenvalue weighted by Crippen LogP contribution is -2.32. The second-order valence-corrected chi connectivity index (χ2v) is 9.53. The molecule has 1 aliphatic rings. The highest BCUT2D eigenvalue weighted by Gasteiger charge is 2.35. The van der Waals surface area contributed by atoms with Gasteiger partial charge in [0.1, 0.15) is 11.1 Å². The van der Waals surface area contributed by atoms with E-state index < -0.39 is 11.6 Å². The maximum absolute atomic E-state index is 12.3. The SMILES string of the molecule is C#CC1(OC(=O)COc2c(C)cc(-[s+]3ccc4ccccc43)cc2C)CCCC1. The summed E-state index contributed by atoms with van der Waals surface area (Å²) in [5, 5.41) is 3.54. The van der Waals surface area contributed by atoms with E-state index in [2.05, 4.69) is 53.8 Å². The monoisotopic (exact) mass is 405 g/mol. The van der Waals surface area contributed by atoms with Crippen LogP contribution in [0.4, 0.5) is 0 Å². The Balaban J connectivity index is 1.51. The lowest BCUT2D eigenvalue weighted by Gasteiger charge is -2.23. The second-order valence-electron chi connectivity index (χ2n) is 7.67. The van der Waals surface area contributed by atoms with Crippen molar-refractivity contribution in [1.29, 1.82) is 0 Å². The third-order valence-electron chi connectivity index (χ3n) is 5.55. The quantitative estimate of drug-likeness (QED) is 0.294. The summed E-state index contributed by atoms with van der Waals surface area (Å²) in [6.45, 7) is 3.91. The first-order chi connectivity index (χ1) is 14.0. The summed E-state index contributed by atoms with van der Waals surface area (Å²) >= 11 is 0. The maximum atomic E-state index is 12.3. The van der Waals surface area contributed by atoms with Crippen LogP contribution in [-0.2, 0) is 9.53 Å². The molecule has 4 rings (SSSR count). The average molecular weight is 406 g/mol. The fourth-order valence-electron chi connectivity index (χ4n) is 4.10. The molecule has 0 aliphatic heterocycles. The molecular weight excluding hydrogens is 380 g/mol. The molecule has 29 heavy (non-hydrogen) atoms. The number of benzene rings is 2. The van der Waals surface area contributed by atoms with E-state index in [1.807, 2.05) is 13.8 Å². The summed E-state index contributed by atoms with van der Waals surface area (Å²) < 4.78 is 12.8. The lowest BCUT2D eigenvalue weighted by atomic mass is 10.0. The van der Waals surface area contributed by atoms with Gasteiger partial charge in [0.25, 0.3) is 0 Å². The predicted molar refractivity (Wildman–Crippen MR) is 119 cm³/mol. The number of hydrogen-bond acceptors (Lipinski definition) is 3. The highest BCUT2D eigenvalue weighted by atomic mass is 32.2. The second kappa shape index (κ2) is 7.93. The summed E-state index contributed by atoms with van der Waals surface area (Å²) in [6, 6.07) is 15.0. The zero-order valence-electron chi connectivity index (χ0n) is 16.9. The van der Waals surface area contributed by atoms with Crippen LogP contribution in [0.25, 0.3) is 15.0 Å². The van der Waals surface area contributed by atoms with Gasteiger partial charge in [-0.15, -0.1) is 6.42 Å². The standard InChI is InChI=1S/C25H25O3S/c1-4-25(12-7-8-13-25)28-23(26)17-27-24-18(2)15-21(16-19(24)3)29-14-11-20-9-5-6-10-22(20)29/h1,5-6,9-11,14-16H,7-8,12-13,17H2,2-3H3/q+1. The fourth-order valence-corrected chi connectivity index (χ4v) is 6.17. The van der Waals surface area contributed by atoms with Crippen LogP contribution >= 0.6 is 10.5 Å². The topological polar surface area (TPSA) is 35.5 Å². The molecule has 0 spiro atoms. The molecule has 4 heteroatoms. The normalized spacial score (nSPS) is 15.8. The van der Waals surface area contributed by atoms with E-state index in [0.29, 0.717) is 0 Å². The van der Waals surface area contributed by atoms with Gasteiger partial charge in [0.05, 0.1) is 0 Å². The largest absolute Gasteiger partial charge is 0.481 e. The van der Waals surface area contributed by atoms with Crippen LogP contribution in [0.1, 0.15) is 36.8 Å². The summed E-state index contributed by atoms with van der Waals surface area (Å²) in [4.78, 5) is 13.6. The van der Waals surface area contributed by atoms with E-state index in [4.69, 9.17) is 15.9 Å². The molecule has 1 unspecified atom stereocenters. The van der Waals surface area contributed by atoms with Gasteiger partial charge in [-0.1, -0.05) is 18.1 Å². The van der Waals surface area contributed by atoms with E-state index in [0.717, 1.165) is 42.6 Å². The van der Waals surface area contributed by atoms with Gasteiger partial charge in [0.2, 0.25) is 0 Å². The Morgan fingerprint density at radius 1 is 1.14 bits per heavy atom. The number of aryl methyl sites for hydroxylation is 2. The molecule has 0 amide bonds. The molecule has 0 radical (unpaired) electrons. The van der Waals surface area contributed by atoms with Crippen molar-refractivity contribution in [2.45, 2.75) is 45.1 Å². The van der Waals surface area contributed by atoms with Crippen LogP contribution < -0.4 is 4.74 Å². The van der Waals surface area contributed by atoms with Crippen molar-refractivity contribution in [3.05, 3.63) is 59.0 Å². The van der Waals surface area contributed by atoms with Crippen LogP contribution in [0.2, 0.25) is 0 Å². The van der Waals surface area contributed by atoms with Crippen LogP contribution in [0.15, 0.2) is 47.8 Å². The number of carbonyl (C=O) groups excluding carboxylic acids is 1. The minimum Gasteiger partial charge on any atom is -0.481 e. The van der Waals surface area contributed by atoms with Crippen molar-refractivity contribution in [2.75, 3.05) is 6.61 Å². The molecule has 1 aromatic heterocycles. The first-order valence-electron chi connectivity index (χ1n) is 9.95. The molecule has 1 saturated carbocycles. The van der Waals surface area contributed by atoms with Crippen molar-refractivity contribution in [3.8, 4) is 23.0 Å². The van der Waals surface area contributed by atoms with E-state index >= 15 is 0 Å². The minimum absolute atomic E-state index is 0.0673. The Labute approximate surface area is 174 Å². The zero-order valence-corrected chi connectivity index (χ0v) is 17.7. The highest BCUT2D eigenvalue weighted by molar-refractivity contribution is 7.43. The average Bonchev–Trinajstić information content (AvgIpc) is 3.34. The molecule has 3 aromatic rings. The van der Waals surface area contributed by atoms with Gasteiger partial charge >= 0.3 is 5.97 Å². The predicted octanol–water partition coefficient (Wildman–Crippen LogP) is 6.06. The molecule has 148 valence electrons. The van der Waals surface area contributed by atoms with Gasteiger partial charge in [-0.25, -0.2) is 4.79 Å². The summed E-state index contributed by atoms with van der Waals surface area (Å²) in [5.74, 6) is 3.01. The number of hydrogen-bond donors (Lipinski definition) is 0. The van der Waals surface area contributed by atoms with Gasteiger partial charge in [0, 0.05) is 34.1 Å². The van der Waals surface area contributed by atoms with E-state index in [9.17, 15) is 4.79 Å². The third-order valence-corrected chi connectivity index (χ3v) is 7.54. The molecule has 0 bridgehead atoms. The van der Waals surface area contributed by atoms with Gasteiger partial charge in [-0.2, -0.15) is 0 Å². The number of carbonyl (C=O) groups is 1. The number of fused-ring (bicyclic) bond motifs is 1. The molecule has 2 aromatic carbocycles. The number of terminal acetylenes is 1. The van der Waals surface area contributed by atoms with Gasteiger partial charge in [-0.05, 0) is 62.8 Å². The number of thiophene rings is 1. The molecule has 3 nitrogen and oxygen atoms in total. The van der Waals surface area contributed by atoms with Crippen LogP contribution in [0, 0.1) is 26.2 Å². The number of esters is 1. The Bertz CT molecular complexity index is 1070.